The van der Waals surface area contributed by atoms with Crippen molar-refractivity contribution in [3.8, 4) is 0 Å². The van der Waals surface area contributed by atoms with E-state index in [4.69, 9.17) is 0 Å². The van der Waals surface area contributed by atoms with E-state index in [1.165, 1.54) is 0 Å². The molecule has 1 atom stereocenters. The highest BCUT2D eigenvalue weighted by Gasteiger charge is 2.15. The third kappa shape index (κ3) is 3.75. The van der Waals surface area contributed by atoms with Gasteiger partial charge in [-0.2, -0.15) is 0 Å². The second kappa shape index (κ2) is 6.39. The SMILES string of the molecule is O=CCCC(=O)C(C=O)CC=O. The lowest BCUT2D eigenvalue weighted by Gasteiger charge is -2.01. The van der Waals surface area contributed by atoms with Crippen molar-refractivity contribution in [2.45, 2.75) is 19.3 Å². The number of aldehydes is 3. The standard InChI is InChI=1S/C8H10O4/c9-4-1-2-8(12)7(6-11)3-5-10/h4-7H,1-3H2. The van der Waals surface area contributed by atoms with E-state index in [-0.39, 0.29) is 25.0 Å². The van der Waals surface area contributed by atoms with Crippen molar-refractivity contribution < 1.29 is 19.2 Å². The first-order chi connectivity index (χ1) is 5.76. The summed E-state index contributed by atoms with van der Waals surface area (Å²) in [5.74, 6) is -1.20. The molecule has 0 saturated carbocycles. The third-order valence-electron chi connectivity index (χ3n) is 1.44. The van der Waals surface area contributed by atoms with Gasteiger partial charge < -0.3 is 14.4 Å². The van der Waals surface area contributed by atoms with Crippen molar-refractivity contribution in [2.24, 2.45) is 5.92 Å². The van der Waals surface area contributed by atoms with Crippen LogP contribution >= 0.6 is 0 Å². The van der Waals surface area contributed by atoms with Gasteiger partial charge in [0.2, 0.25) is 0 Å². The molecule has 0 N–H and O–H groups in total. The van der Waals surface area contributed by atoms with Crippen LogP contribution in [-0.4, -0.2) is 24.6 Å². The van der Waals surface area contributed by atoms with Crippen LogP contribution in [0.1, 0.15) is 19.3 Å². The Bertz CT molecular complexity index is 185. The van der Waals surface area contributed by atoms with E-state index in [0.717, 1.165) is 0 Å². The summed E-state index contributed by atoms with van der Waals surface area (Å²) in [5, 5.41) is 0. The predicted octanol–water partition coefficient (Wildman–Crippen LogP) is -0.0613. The molecule has 0 aromatic heterocycles. The molecule has 1 unspecified atom stereocenters. The second-order valence-electron chi connectivity index (χ2n) is 2.32. The summed E-state index contributed by atoms with van der Waals surface area (Å²) in [7, 11) is 0. The van der Waals surface area contributed by atoms with Crippen molar-refractivity contribution >= 4 is 24.6 Å². The van der Waals surface area contributed by atoms with Gasteiger partial charge >= 0.3 is 0 Å². The van der Waals surface area contributed by atoms with E-state index in [2.05, 4.69) is 0 Å². The van der Waals surface area contributed by atoms with Gasteiger partial charge in [0.1, 0.15) is 24.6 Å². The summed E-state index contributed by atoms with van der Waals surface area (Å²) in [6.07, 6.45) is 1.66. The summed E-state index contributed by atoms with van der Waals surface area (Å²) in [4.78, 5) is 41.0. The highest BCUT2D eigenvalue weighted by Crippen LogP contribution is 2.03. The molecule has 0 spiro atoms. The normalized spacial score (nSPS) is 11.7. The van der Waals surface area contributed by atoms with Gasteiger partial charge in [0.25, 0.3) is 0 Å². The summed E-state index contributed by atoms with van der Waals surface area (Å²) >= 11 is 0. The largest absolute Gasteiger partial charge is 0.303 e. The molecule has 0 saturated heterocycles. The first-order valence-corrected chi connectivity index (χ1v) is 3.61. The maximum absolute atomic E-state index is 11.0. The Balaban J connectivity index is 3.92. The van der Waals surface area contributed by atoms with Crippen LogP contribution in [0.4, 0.5) is 0 Å². The Hall–Kier alpha value is -1.32. The van der Waals surface area contributed by atoms with Crippen molar-refractivity contribution in [1.29, 1.82) is 0 Å². The molecule has 0 amide bonds. The Morgan fingerprint density at radius 2 is 1.83 bits per heavy atom. The molecule has 66 valence electrons. The smallest absolute Gasteiger partial charge is 0.143 e. The van der Waals surface area contributed by atoms with Crippen LogP contribution in [0.3, 0.4) is 0 Å². The average molecular weight is 170 g/mol. The maximum Gasteiger partial charge on any atom is 0.143 e. The number of rotatable bonds is 7. The van der Waals surface area contributed by atoms with E-state index in [0.29, 0.717) is 18.9 Å². The average Bonchev–Trinajstić information content (AvgIpc) is 2.10. The fourth-order valence-corrected chi connectivity index (χ4v) is 0.753. The Kier molecular flexibility index (Phi) is 5.69. The molecule has 0 fully saturated rings. The number of ketones is 1. The zero-order valence-electron chi connectivity index (χ0n) is 6.56. The fraction of sp³-hybridized carbons (Fsp3) is 0.500. The van der Waals surface area contributed by atoms with E-state index >= 15 is 0 Å². The Morgan fingerprint density at radius 1 is 1.17 bits per heavy atom. The van der Waals surface area contributed by atoms with Gasteiger partial charge in [-0.3, -0.25) is 4.79 Å². The van der Waals surface area contributed by atoms with Gasteiger partial charge in [-0.25, -0.2) is 0 Å². The quantitative estimate of drug-likeness (QED) is 0.396. The first kappa shape index (κ1) is 10.7. The molecule has 0 rings (SSSR count). The van der Waals surface area contributed by atoms with Crippen molar-refractivity contribution in [3.63, 3.8) is 0 Å². The summed E-state index contributed by atoms with van der Waals surface area (Å²) in [6.45, 7) is 0. The molecule has 0 radical (unpaired) electrons. The highest BCUT2D eigenvalue weighted by atomic mass is 16.1. The molecular formula is C8H10O4. The van der Waals surface area contributed by atoms with Crippen LogP contribution in [-0.2, 0) is 19.2 Å². The molecule has 0 aliphatic carbocycles. The molecule has 0 aliphatic heterocycles. The van der Waals surface area contributed by atoms with Crippen LogP contribution in [0.2, 0.25) is 0 Å². The second-order valence-corrected chi connectivity index (χ2v) is 2.32. The number of hydrogen-bond acceptors (Lipinski definition) is 4. The van der Waals surface area contributed by atoms with Crippen LogP contribution < -0.4 is 0 Å². The number of Topliss-reactive ketones (excluding diaryl/α,β-unsaturated/α-hetero) is 1. The molecular weight excluding hydrogens is 160 g/mol. The van der Waals surface area contributed by atoms with Crippen molar-refractivity contribution in [3.05, 3.63) is 0 Å². The van der Waals surface area contributed by atoms with Crippen LogP contribution in [0.5, 0.6) is 0 Å². The molecule has 4 nitrogen and oxygen atoms in total. The lowest BCUT2D eigenvalue weighted by molar-refractivity contribution is -0.130. The molecule has 0 aromatic rings. The summed E-state index contributed by atoms with van der Waals surface area (Å²) < 4.78 is 0. The lowest BCUT2D eigenvalue weighted by atomic mass is 9.99. The van der Waals surface area contributed by atoms with Gasteiger partial charge in [-0.1, -0.05) is 0 Å². The molecule has 12 heavy (non-hydrogen) atoms. The first-order valence-electron chi connectivity index (χ1n) is 3.61. The predicted molar refractivity (Wildman–Crippen MR) is 40.5 cm³/mol. The van der Waals surface area contributed by atoms with E-state index in [9.17, 15) is 19.2 Å². The summed E-state index contributed by atoms with van der Waals surface area (Å²) in [5.41, 5.74) is 0. The Morgan fingerprint density at radius 3 is 2.25 bits per heavy atom. The van der Waals surface area contributed by atoms with Crippen LogP contribution in [0.15, 0.2) is 0 Å². The molecule has 4 heteroatoms. The number of carbonyl (C=O) groups excluding carboxylic acids is 4. The minimum absolute atomic E-state index is 0.0424. The molecule has 0 heterocycles. The van der Waals surface area contributed by atoms with Crippen molar-refractivity contribution in [1.82, 2.24) is 0 Å². The van der Waals surface area contributed by atoms with Crippen LogP contribution in [0, 0.1) is 5.92 Å². The molecule has 0 aromatic carbocycles. The van der Waals surface area contributed by atoms with E-state index in [1.807, 2.05) is 0 Å². The van der Waals surface area contributed by atoms with Gasteiger partial charge in [0, 0.05) is 19.3 Å². The van der Waals surface area contributed by atoms with E-state index in [1.54, 1.807) is 0 Å². The van der Waals surface area contributed by atoms with Crippen molar-refractivity contribution in [2.75, 3.05) is 0 Å². The molecule has 0 bridgehead atoms. The highest BCUT2D eigenvalue weighted by molar-refractivity contribution is 5.95. The lowest BCUT2D eigenvalue weighted by Crippen LogP contribution is -2.16. The van der Waals surface area contributed by atoms with Gasteiger partial charge in [-0.15, -0.1) is 0 Å². The van der Waals surface area contributed by atoms with E-state index < -0.39 is 5.92 Å². The maximum atomic E-state index is 11.0. The van der Waals surface area contributed by atoms with Crippen LogP contribution in [0.25, 0.3) is 0 Å². The zero-order chi connectivity index (χ0) is 9.40. The molecule has 0 aliphatic rings. The fourth-order valence-electron chi connectivity index (χ4n) is 0.753. The Labute approximate surface area is 69.9 Å². The topological polar surface area (TPSA) is 68.3 Å². The monoisotopic (exact) mass is 170 g/mol. The minimum Gasteiger partial charge on any atom is -0.303 e. The third-order valence-corrected chi connectivity index (χ3v) is 1.44. The number of carbonyl (C=O) groups is 4. The van der Waals surface area contributed by atoms with Gasteiger partial charge in [0.15, 0.2) is 0 Å². The number of hydrogen-bond donors (Lipinski definition) is 0. The van der Waals surface area contributed by atoms with Gasteiger partial charge in [-0.05, 0) is 0 Å². The minimum atomic E-state index is -0.859. The summed E-state index contributed by atoms with van der Waals surface area (Å²) in [6, 6.07) is 0. The zero-order valence-corrected chi connectivity index (χ0v) is 6.56. The van der Waals surface area contributed by atoms with Gasteiger partial charge in [0.05, 0.1) is 5.92 Å².